The maximum atomic E-state index is 13.6. The molecule has 13 heteroatoms. The topological polar surface area (TPSA) is 136 Å². The van der Waals surface area contributed by atoms with Crippen LogP contribution in [0.5, 0.6) is 0 Å². The number of hydrogen-bond donors (Lipinski definition) is 3. The number of hydrogen-bond acceptors (Lipinski definition) is 5. The van der Waals surface area contributed by atoms with Crippen LogP contribution >= 0.6 is 0 Å². The molecule has 0 spiro atoms. The number of aliphatic carboxylic acids is 1. The highest BCUT2D eigenvalue weighted by molar-refractivity contribution is 5.97. The van der Waals surface area contributed by atoms with Crippen LogP contribution in [0.1, 0.15) is 65.7 Å². The van der Waals surface area contributed by atoms with Crippen molar-refractivity contribution < 1.29 is 42.3 Å². The van der Waals surface area contributed by atoms with Crippen molar-refractivity contribution in [1.29, 1.82) is 0 Å². The zero-order valence-corrected chi connectivity index (χ0v) is 20.8. The molecule has 1 heterocycles. The van der Waals surface area contributed by atoms with Gasteiger partial charge in [0.05, 0.1) is 6.42 Å². The van der Waals surface area contributed by atoms with Gasteiger partial charge in [-0.15, -0.1) is 0 Å². The van der Waals surface area contributed by atoms with Gasteiger partial charge in [0.25, 0.3) is 0 Å². The van der Waals surface area contributed by atoms with Gasteiger partial charge in [-0.25, -0.2) is 0 Å². The molecule has 204 valence electrons. The molecular weight excluding hydrogens is 485 g/mol. The summed E-state index contributed by atoms with van der Waals surface area (Å²) < 4.78 is 39.0. The Kier molecular flexibility index (Phi) is 9.72. The van der Waals surface area contributed by atoms with Crippen LogP contribution in [0, 0.1) is 5.92 Å². The van der Waals surface area contributed by atoms with Crippen molar-refractivity contribution in [3.05, 3.63) is 0 Å². The third-order valence-electron chi connectivity index (χ3n) is 6.73. The van der Waals surface area contributed by atoms with Crippen molar-refractivity contribution in [2.45, 2.75) is 89.5 Å². The van der Waals surface area contributed by atoms with Crippen molar-refractivity contribution in [2.75, 3.05) is 19.6 Å². The molecule has 2 atom stereocenters. The molecule has 2 fully saturated rings. The molecule has 1 aliphatic carbocycles. The van der Waals surface area contributed by atoms with E-state index >= 15 is 0 Å². The van der Waals surface area contributed by atoms with E-state index in [9.17, 15) is 42.3 Å². The fourth-order valence-corrected chi connectivity index (χ4v) is 4.99. The van der Waals surface area contributed by atoms with Gasteiger partial charge >= 0.3 is 18.1 Å². The van der Waals surface area contributed by atoms with E-state index in [0.717, 1.165) is 17.7 Å². The summed E-state index contributed by atoms with van der Waals surface area (Å²) in [5, 5.41) is 13.6. The van der Waals surface area contributed by atoms with E-state index < -0.39 is 65.7 Å². The Morgan fingerprint density at radius 2 is 1.58 bits per heavy atom. The second-order valence-corrected chi connectivity index (χ2v) is 9.71. The first-order chi connectivity index (χ1) is 16.7. The Morgan fingerprint density at radius 3 is 2.03 bits per heavy atom. The lowest BCUT2D eigenvalue weighted by molar-refractivity contribution is -0.177. The zero-order valence-electron chi connectivity index (χ0n) is 20.8. The van der Waals surface area contributed by atoms with Crippen LogP contribution in [-0.2, 0) is 24.0 Å². The molecule has 0 aromatic rings. The van der Waals surface area contributed by atoms with Crippen LogP contribution in [0.2, 0.25) is 0 Å². The van der Waals surface area contributed by atoms with Gasteiger partial charge in [-0.1, -0.05) is 26.7 Å². The van der Waals surface area contributed by atoms with E-state index in [2.05, 4.69) is 5.32 Å². The number of nitrogens with zero attached hydrogens (tertiary/aromatic N) is 2. The molecule has 0 aromatic carbocycles. The van der Waals surface area contributed by atoms with Gasteiger partial charge in [0.2, 0.25) is 17.7 Å². The normalized spacial score (nSPS) is 19.0. The van der Waals surface area contributed by atoms with E-state index in [1.165, 1.54) is 4.90 Å². The third kappa shape index (κ3) is 6.88. The van der Waals surface area contributed by atoms with Crippen LogP contribution in [0.3, 0.4) is 0 Å². The van der Waals surface area contributed by atoms with Crippen LogP contribution < -0.4 is 10.6 Å². The predicted molar refractivity (Wildman–Crippen MR) is 121 cm³/mol. The number of amides is 4. The highest BCUT2D eigenvalue weighted by Crippen LogP contribution is 2.34. The summed E-state index contributed by atoms with van der Waals surface area (Å²) in [5.41, 5.74) is -1.80. The Morgan fingerprint density at radius 1 is 1.03 bits per heavy atom. The summed E-state index contributed by atoms with van der Waals surface area (Å²) in [7, 11) is 0. The second kappa shape index (κ2) is 11.9. The number of rotatable bonds is 10. The van der Waals surface area contributed by atoms with E-state index in [4.69, 9.17) is 0 Å². The minimum Gasteiger partial charge on any atom is -0.481 e. The number of alkyl halides is 3. The molecule has 2 rings (SSSR count). The first-order valence-corrected chi connectivity index (χ1v) is 12.2. The smallest absolute Gasteiger partial charge is 0.471 e. The minimum atomic E-state index is -5.18. The van der Waals surface area contributed by atoms with Gasteiger partial charge in [-0.3, -0.25) is 24.0 Å². The fourth-order valence-electron chi connectivity index (χ4n) is 4.99. The van der Waals surface area contributed by atoms with Gasteiger partial charge in [0.15, 0.2) is 0 Å². The Balaban J connectivity index is 2.31. The first kappa shape index (κ1) is 29.4. The average molecular weight is 521 g/mol. The molecule has 36 heavy (non-hydrogen) atoms. The number of likely N-dealkylation sites (N-methyl/N-ethyl adjacent to an activating group) is 1. The number of carbonyl (C=O) groups is 5. The van der Waals surface area contributed by atoms with Crippen molar-refractivity contribution in [2.24, 2.45) is 5.92 Å². The lowest BCUT2D eigenvalue weighted by Crippen LogP contribution is -2.65. The zero-order chi connectivity index (χ0) is 27.3. The molecule has 4 amide bonds. The highest BCUT2D eigenvalue weighted by atomic mass is 19.4. The molecule has 1 aliphatic heterocycles. The SMILES string of the molecule is CCN(C(=O)C1(NC(=O)C(F)(F)F)CCCC1)C(C(=O)N[C@@H](CC(=O)O)C(=O)N1CCCC1)C(C)C. The van der Waals surface area contributed by atoms with Crippen LogP contribution in [-0.4, -0.2) is 87.9 Å². The molecule has 0 aromatic heterocycles. The number of carboxylic acids is 1. The maximum Gasteiger partial charge on any atom is 0.471 e. The molecule has 10 nitrogen and oxygen atoms in total. The van der Waals surface area contributed by atoms with Crippen molar-refractivity contribution in [1.82, 2.24) is 20.4 Å². The number of likely N-dealkylation sites (tertiary alicyclic amines) is 1. The first-order valence-electron chi connectivity index (χ1n) is 12.2. The van der Waals surface area contributed by atoms with E-state index in [1.54, 1.807) is 20.8 Å². The summed E-state index contributed by atoms with van der Waals surface area (Å²) in [4.78, 5) is 65.6. The highest BCUT2D eigenvalue weighted by Gasteiger charge is 2.51. The van der Waals surface area contributed by atoms with Crippen molar-refractivity contribution in [3.8, 4) is 0 Å². The molecular formula is C23H35F3N4O6. The van der Waals surface area contributed by atoms with E-state index in [1.807, 2.05) is 5.32 Å². The van der Waals surface area contributed by atoms with Gasteiger partial charge in [0, 0.05) is 19.6 Å². The van der Waals surface area contributed by atoms with Gasteiger partial charge in [-0.2, -0.15) is 13.2 Å². The monoisotopic (exact) mass is 520 g/mol. The Bertz CT molecular complexity index is 851. The number of nitrogens with one attached hydrogen (secondary N) is 2. The number of carbonyl (C=O) groups excluding carboxylic acids is 4. The fraction of sp³-hybridized carbons (Fsp3) is 0.783. The van der Waals surface area contributed by atoms with Gasteiger partial charge in [-0.05, 0) is 38.5 Å². The number of halogens is 3. The molecule has 1 unspecified atom stereocenters. The summed E-state index contributed by atoms with van der Waals surface area (Å²) in [6.07, 6.45) is -3.48. The molecule has 0 bridgehead atoms. The van der Waals surface area contributed by atoms with Gasteiger partial charge in [0.1, 0.15) is 17.6 Å². The molecule has 1 saturated heterocycles. The van der Waals surface area contributed by atoms with E-state index in [-0.39, 0.29) is 19.4 Å². The van der Waals surface area contributed by atoms with E-state index in [0.29, 0.717) is 25.9 Å². The molecule has 0 radical (unpaired) electrons. The third-order valence-corrected chi connectivity index (χ3v) is 6.73. The standard InChI is InChI=1S/C23H35F3N4O6/c1-4-30(21(36)22(9-5-6-10-22)28-20(35)23(24,25)26)17(14(2)3)18(33)27-15(13-16(31)32)19(34)29-11-7-8-12-29/h14-15,17H,4-13H2,1-3H3,(H,27,33)(H,28,35)(H,31,32)/t15-,17?/m0/s1. The lowest BCUT2D eigenvalue weighted by Gasteiger charge is -2.40. The van der Waals surface area contributed by atoms with Crippen LogP contribution in [0.4, 0.5) is 13.2 Å². The van der Waals surface area contributed by atoms with Crippen molar-refractivity contribution in [3.63, 3.8) is 0 Å². The Labute approximate surface area is 207 Å². The molecule has 1 saturated carbocycles. The average Bonchev–Trinajstić information content (AvgIpc) is 3.47. The molecule has 3 N–H and O–H groups in total. The minimum absolute atomic E-state index is 0.00826. The summed E-state index contributed by atoms with van der Waals surface area (Å²) in [5.74, 6) is -6.18. The summed E-state index contributed by atoms with van der Waals surface area (Å²) in [6.45, 7) is 5.65. The maximum absolute atomic E-state index is 13.6. The Hall–Kier alpha value is -2.86. The second-order valence-electron chi connectivity index (χ2n) is 9.71. The number of carboxylic acid groups (broad SMARTS) is 1. The summed E-state index contributed by atoms with van der Waals surface area (Å²) in [6, 6.07) is -2.56. The van der Waals surface area contributed by atoms with Gasteiger partial charge < -0.3 is 25.5 Å². The van der Waals surface area contributed by atoms with Crippen molar-refractivity contribution >= 4 is 29.6 Å². The quantitative estimate of drug-likeness (QED) is 0.399. The lowest BCUT2D eigenvalue weighted by atomic mass is 9.92. The van der Waals surface area contributed by atoms with Crippen LogP contribution in [0.25, 0.3) is 0 Å². The van der Waals surface area contributed by atoms with Crippen LogP contribution in [0.15, 0.2) is 0 Å². The predicted octanol–water partition coefficient (Wildman–Crippen LogP) is 1.43. The summed E-state index contributed by atoms with van der Waals surface area (Å²) >= 11 is 0. The largest absolute Gasteiger partial charge is 0.481 e. The molecule has 2 aliphatic rings.